The molecule has 2 aliphatic rings. The van der Waals surface area contributed by atoms with Crippen LogP contribution in [0.1, 0.15) is 12.0 Å². The highest BCUT2D eigenvalue weighted by Gasteiger charge is 2.17. The van der Waals surface area contributed by atoms with Gasteiger partial charge in [-0.25, -0.2) is 4.98 Å². The number of rotatable bonds is 7. The van der Waals surface area contributed by atoms with Crippen LogP contribution in [0.25, 0.3) is 22.4 Å². The van der Waals surface area contributed by atoms with Crippen molar-refractivity contribution in [1.82, 2.24) is 19.8 Å². The Balaban J connectivity index is 1.22. The number of fused-ring (bicyclic) bond motifs is 1. The van der Waals surface area contributed by atoms with Crippen LogP contribution in [-0.4, -0.2) is 92.4 Å². The van der Waals surface area contributed by atoms with Gasteiger partial charge in [-0.1, -0.05) is 0 Å². The van der Waals surface area contributed by atoms with E-state index in [1.165, 1.54) is 11.3 Å². The van der Waals surface area contributed by atoms with Crippen molar-refractivity contribution < 1.29 is 9.47 Å². The summed E-state index contributed by atoms with van der Waals surface area (Å²) in [5.74, 6) is 1.81. The Labute approximate surface area is 196 Å². The number of ether oxygens (including phenoxy) is 2. The second-order valence-corrected chi connectivity index (χ2v) is 9.21. The molecule has 0 radical (unpaired) electrons. The first-order chi connectivity index (χ1) is 16.2. The largest absolute Gasteiger partial charge is 0.494 e. The van der Waals surface area contributed by atoms with Crippen LogP contribution in [0, 0.1) is 6.92 Å². The number of hydrogen-bond donors (Lipinski definition) is 1. The van der Waals surface area contributed by atoms with Gasteiger partial charge >= 0.3 is 0 Å². The van der Waals surface area contributed by atoms with E-state index in [0.29, 0.717) is 0 Å². The van der Waals surface area contributed by atoms with Crippen LogP contribution in [0.3, 0.4) is 0 Å². The summed E-state index contributed by atoms with van der Waals surface area (Å²) in [6.45, 7) is 12.0. The van der Waals surface area contributed by atoms with Crippen molar-refractivity contribution in [3.05, 3.63) is 42.0 Å². The zero-order chi connectivity index (χ0) is 22.6. The summed E-state index contributed by atoms with van der Waals surface area (Å²) in [6.07, 6.45) is 1.03. The molecule has 2 fully saturated rings. The molecule has 7 nitrogen and oxygen atoms in total. The number of nitrogens with one attached hydrogen (secondary N) is 1. The molecule has 2 aliphatic heterocycles. The van der Waals surface area contributed by atoms with Gasteiger partial charge in [-0.3, -0.25) is 4.90 Å². The van der Waals surface area contributed by atoms with Crippen molar-refractivity contribution >= 4 is 16.7 Å². The van der Waals surface area contributed by atoms with Crippen molar-refractivity contribution in [1.29, 1.82) is 0 Å². The number of likely N-dealkylation sites (N-methyl/N-ethyl adjacent to an activating group) is 1. The van der Waals surface area contributed by atoms with Crippen molar-refractivity contribution in [2.75, 3.05) is 77.6 Å². The van der Waals surface area contributed by atoms with Gasteiger partial charge < -0.3 is 24.3 Å². The van der Waals surface area contributed by atoms with Crippen LogP contribution < -0.4 is 9.64 Å². The van der Waals surface area contributed by atoms with Crippen LogP contribution >= 0.6 is 0 Å². The fourth-order valence-electron chi connectivity index (χ4n) is 4.67. The van der Waals surface area contributed by atoms with E-state index in [2.05, 4.69) is 57.9 Å². The van der Waals surface area contributed by atoms with E-state index in [-0.39, 0.29) is 0 Å². The molecule has 2 saturated heterocycles. The lowest BCUT2D eigenvalue weighted by Crippen LogP contribution is -2.44. The maximum absolute atomic E-state index is 5.96. The second-order valence-electron chi connectivity index (χ2n) is 9.21. The summed E-state index contributed by atoms with van der Waals surface area (Å²) in [7, 11) is 2.19. The second kappa shape index (κ2) is 10.1. The highest BCUT2D eigenvalue weighted by atomic mass is 16.5. The molecule has 0 saturated carbocycles. The van der Waals surface area contributed by atoms with E-state index in [1.54, 1.807) is 0 Å². The van der Waals surface area contributed by atoms with Crippen molar-refractivity contribution in [2.24, 2.45) is 0 Å². The Morgan fingerprint density at radius 1 is 1.00 bits per heavy atom. The van der Waals surface area contributed by atoms with Crippen LogP contribution in [0.2, 0.25) is 0 Å². The fourth-order valence-corrected chi connectivity index (χ4v) is 4.67. The summed E-state index contributed by atoms with van der Waals surface area (Å²) in [4.78, 5) is 15.7. The van der Waals surface area contributed by atoms with Gasteiger partial charge in [0.05, 0.1) is 30.9 Å². The summed E-state index contributed by atoms with van der Waals surface area (Å²) >= 11 is 0. The molecule has 33 heavy (non-hydrogen) atoms. The maximum Gasteiger partial charge on any atom is 0.138 e. The quantitative estimate of drug-likeness (QED) is 0.558. The monoisotopic (exact) mass is 449 g/mol. The lowest BCUT2D eigenvalue weighted by molar-refractivity contribution is 0.0358. The molecule has 3 aromatic rings. The third-order valence-electron chi connectivity index (χ3n) is 6.75. The molecule has 0 spiro atoms. The Hall–Kier alpha value is -2.61. The topological polar surface area (TPSA) is 56.9 Å². The van der Waals surface area contributed by atoms with Crippen molar-refractivity contribution in [3.8, 4) is 17.1 Å². The third kappa shape index (κ3) is 5.32. The molecular weight excluding hydrogens is 414 g/mol. The zero-order valence-corrected chi connectivity index (χ0v) is 19.8. The van der Waals surface area contributed by atoms with Gasteiger partial charge in [-0.05, 0) is 62.4 Å². The number of anilines is 1. The molecule has 0 aliphatic carbocycles. The molecular formula is C26H35N5O2. The SMILES string of the molecule is Cc1cc(N2CCN(C)CC2)cc2[nH]c(-c3ccc(OCCCN4CCOCC4)cc3)nc12. The number of aromatic amines is 1. The first kappa shape index (κ1) is 22.2. The molecule has 3 heterocycles. The predicted molar refractivity (Wildman–Crippen MR) is 133 cm³/mol. The van der Waals surface area contributed by atoms with Gasteiger partial charge in [-0.15, -0.1) is 0 Å². The molecule has 2 aromatic carbocycles. The number of morpholine rings is 1. The van der Waals surface area contributed by atoms with E-state index >= 15 is 0 Å². The summed E-state index contributed by atoms with van der Waals surface area (Å²) in [5, 5.41) is 0. The Kier molecular flexibility index (Phi) is 6.80. The molecule has 7 heteroatoms. The average Bonchev–Trinajstić information content (AvgIpc) is 3.28. The van der Waals surface area contributed by atoms with Crippen LogP contribution in [0.4, 0.5) is 5.69 Å². The van der Waals surface area contributed by atoms with Gasteiger partial charge in [0.15, 0.2) is 0 Å². The zero-order valence-electron chi connectivity index (χ0n) is 19.8. The number of piperazine rings is 1. The number of imidazole rings is 1. The van der Waals surface area contributed by atoms with Crippen LogP contribution in [0.5, 0.6) is 5.75 Å². The van der Waals surface area contributed by atoms with E-state index in [0.717, 1.165) is 100 Å². The molecule has 0 amide bonds. The Morgan fingerprint density at radius 2 is 1.76 bits per heavy atom. The first-order valence-electron chi connectivity index (χ1n) is 12.1. The van der Waals surface area contributed by atoms with Crippen molar-refractivity contribution in [3.63, 3.8) is 0 Å². The highest BCUT2D eigenvalue weighted by Crippen LogP contribution is 2.29. The molecule has 176 valence electrons. The highest BCUT2D eigenvalue weighted by molar-refractivity contribution is 5.86. The minimum Gasteiger partial charge on any atom is -0.494 e. The predicted octanol–water partition coefficient (Wildman–Crippen LogP) is 3.39. The number of benzene rings is 2. The smallest absolute Gasteiger partial charge is 0.138 e. The summed E-state index contributed by atoms with van der Waals surface area (Å²) in [6, 6.07) is 12.8. The minimum absolute atomic E-state index is 0.732. The lowest BCUT2D eigenvalue weighted by atomic mass is 10.1. The normalized spacial score (nSPS) is 18.2. The molecule has 5 rings (SSSR count). The van der Waals surface area contributed by atoms with E-state index in [1.807, 2.05) is 12.1 Å². The number of hydrogen-bond acceptors (Lipinski definition) is 6. The molecule has 0 atom stereocenters. The molecule has 1 aromatic heterocycles. The summed E-state index contributed by atoms with van der Waals surface area (Å²) in [5.41, 5.74) is 5.72. The Bertz CT molecular complexity index is 1050. The van der Waals surface area contributed by atoms with Crippen LogP contribution in [0.15, 0.2) is 36.4 Å². The van der Waals surface area contributed by atoms with Gasteiger partial charge in [0.1, 0.15) is 11.6 Å². The van der Waals surface area contributed by atoms with Crippen molar-refractivity contribution in [2.45, 2.75) is 13.3 Å². The molecule has 0 unspecified atom stereocenters. The number of aromatic nitrogens is 2. The standard InChI is InChI=1S/C26H35N5O2/c1-20-18-22(31-11-9-29(2)10-12-31)19-24-25(20)28-26(27-24)21-4-6-23(7-5-21)33-15-3-8-30-13-16-32-17-14-30/h4-7,18-19H,3,8-17H2,1-2H3,(H,27,28). The average molecular weight is 450 g/mol. The maximum atomic E-state index is 5.96. The van der Waals surface area contributed by atoms with Gasteiger partial charge in [0.25, 0.3) is 0 Å². The minimum atomic E-state index is 0.732. The fraction of sp³-hybridized carbons (Fsp3) is 0.500. The van der Waals surface area contributed by atoms with E-state index in [4.69, 9.17) is 14.5 Å². The summed E-state index contributed by atoms with van der Waals surface area (Å²) < 4.78 is 11.4. The first-order valence-corrected chi connectivity index (χ1v) is 12.1. The van der Waals surface area contributed by atoms with E-state index < -0.39 is 0 Å². The molecule has 1 N–H and O–H groups in total. The molecule has 0 bridgehead atoms. The third-order valence-corrected chi connectivity index (χ3v) is 6.75. The number of aryl methyl sites for hydroxylation is 1. The van der Waals surface area contributed by atoms with Gasteiger partial charge in [0, 0.05) is 57.1 Å². The number of H-pyrrole nitrogens is 1. The van der Waals surface area contributed by atoms with Gasteiger partial charge in [0.2, 0.25) is 0 Å². The van der Waals surface area contributed by atoms with Crippen LogP contribution in [-0.2, 0) is 4.74 Å². The van der Waals surface area contributed by atoms with Gasteiger partial charge in [-0.2, -0.15) is 0 Å². The van der Waals surface area contributed by atoms with E-state index in [9.17, 15) is 0 Å². The number of nitrogens with zero attached hydrogens (tertiary/aromatic N) is 4. The Morgan fingerprint density at radius 3 is 2.52 bits per heavy atom. The lowest BCUT2D eigenvalue weighted by Gasteiger charge is -2.34.